The Labute approximate surface area is 460 Å². The van der Waals surface area contributed by atoms with Gasteiger partial charge in [-0.2, -0.15) is 0 Å². The van der Waals surface area contributed by atoms with Crippen LogP contribution in [0.25, 0.3) is 40.8 Å². The average molecular weight is 1180 g/mol. The molecule has 1 saturated heterocycles. The molecule has 0 saturated carbocycles. The molecule has 2 N–H and O–H groups in total. The number of anilines is 2. The molecule has 75 heavy (non-hydrogen) atoms. The van der Waals surface area contributed by atoms with Gasteiger partial charge in [0.15, 0.2) is 0 Å². The summed E-state index contributed by atoms with van der Waals surface area (Å²) in [5.74, 6) is 1.62. The van der Waals surface area contributed by atoms with E-state index in [1.54, 1.807) is 21.9 Å². The summed E-state index contributed by atoms with van der Waals surface area (Å²) in [7, 11) is 3.93. The summed E-state index contributed by atoms with van der Waals surface area (Å²) in [6.45, 7) is 8.88. The molecule has 2 atom stereocenters. The van der Waals surface area contributed by atoms with Crippen LogP contribution in [0.1, 0.15) is 95.8 Å². The minimum absolute atomic E-state index is 0.00664. The van der Waals surface area contributed by atoms with Gasteiger partial charge in [0.25, 0.3) is 0 Å². The number of halogens is 2. The van der Waals surface area contributed by atoms with Gasteiger partial charge in [-0.3, -0.25) is 0 Å². The number of aromatic hydroxyl groups is 2. The van der Waals surface area contributed by atoms with E-state index >= 15 is 0 Å². The number of carbonyl (C=O) groups excluding carboxylic acids is 4. The SMILES string of the molecule is Cc1ccc2c(O)cc3c(c2c1)[C@H](CCl)CN3C(=O)c1cc2cc(CC(=O)CCN(C)C)ccc2[se]1.Cc1ccc2c(O)cc3c(c2c1)[C@H](CCl)CN3C(=O)c1cc2cc(CC(=O)CCN3CCCCC3)ccc2[se]1. The Hall–Kier alpha value is -5.26. The number of ketones is 2. The zero-order valence-electron chi connectivity index (χ0n) is 42.9. The molecule has 388 valence electrons. The number of benzene rings is 6. The molecular formula is C61H62Cl2N4O6Se2. The number of amides is 2. The van der Waals surface area contributed by atoms with Crippen LogP contribution < -0.4 is 9.80 Å². The Morgan fingerprint density at radius 1 is 0.587 bits per heavy atom. The Morgan fingerprint density at radius 3 is 1.51 bits per heavy atom. The van der Waals surface area contributed by atoms with Gasteiger partial charge in [0.1, 0.15) is 0 Å². The van der Waals surface area contributed by atoms with Crippen LogP contribution >= 0.6 is 23.2 Å². The van der Waals surface area contributed by atoms with Crippen LogP contribution in [0.3, 0.4) is 0 Å². The van der Waals surface area contributed by atoms with Crippen molar-refractivity contribution in [3.05, 3.63) is 139 Å². The summed E-state index contributed by atoms with van der Waals surface area (Å²) >= 11 is 12.5. The maximum atomic E-state index is 13.8. The van der Waals surface area contributed by atoms with Crippen LogP contribution in [0.4, 0.5) is 11.4 Å². The average Bonchev–Trinajstić information content (AvgIpc) is 4.22. The van der Waals surface area contributed by atoms with E-state index in [9.17, 15) is 29.4 Å². The first-order chi connectivity index (χ1) is 36.2. The van der Waals surface area contributed by atoms with Crippen molar-refractivity contribution in [1.82, 2.24) is 9.80 Å². The molecule has 0 aliphatic carbocycles. The first-order valence-electron chi connectivity index (χ1n) is 25.9. The molecule has 1 fully saturated rings. The quantitative estimate of drug-likeness (QED) is 0.0816. The number of aryl methyl sites for hydroxylation is 2. The Bertz CT molecular complexity index is 3530. The zero-order valence-corrected chi connectivity index (χ0v) is 47.8. The molecule has 11 rings (SSSR count). The van der Waals surface area contributed by atoms with E-state index in [1.807, 2.05) is 87.4 Å². The topological polar surface area (TPSA) is 122 Å². The van der Waals surface area contributed by atoms with Crippen molar-refractivity contribution in [3.63, 3.8) is 0 Å². The van der Waals surface area contributed by atoms with Crippen molar-refractivity contribution in [2.45, 2.75) is 70.6 Å². The van der Waals surface area contributed by atoms with Crippen molar-refractivity contribution >= 4 is 128 Å². The summed E-state index contributed by atoms with van der Waals surface area (Å²) in [6.07, 6.45) is 5.75. The van der Waals surface area contributed by atoms with E-state index in [1.165, 1.54) is 23.5 Å². The van der Waals surface area contributed by atoms with Crippen LogP contribution in [-0.4, -0.2) is 138 Å². The second-order valence-corrected chi connectivity index (χ2v) is 26.1. The van der Waals surface area contributed by atoms with Gasteiger partial charge in [0, 0.05) is 0 Å². The molecule has 2 aromatic heterocycles. The van der Waals surface area contributed by atoms with Gasteiger partial charge in [-0.25, -0.2) is 0 Å². The number of alkyl halides is 2. The minimum atomic E-state index is -0.116. The van der Waals surface area contributed by atoms with Crippen LogP contribution in [0, 0.1) is 13.8 Å². The molecule has 0 spiro atoms. The number of piperidine rings is 1. The predicted molar refractivity (Wildman–Crippen MR) is 308 cm³/mol. The molecule has 3 aliphatic heterocycles. The number of phenolic OH excluding ortho intramolecular Hbond substituents is 2. The molecule has 2 amide bonds. The van der Waals surface area contributed by atoms with Gasteiger partial charge < -0.3 is 0 Å². The summed E-state index contributed by atoms with van der Waals surface area (Å²) in [5, 5.41) is 27.1. The molecule has 0 bridgehead atoms. The number of rotatable bonds is 14. The molecule has 8 aromatic rings. The van der Waals surface area contributed by atoms with E-state index in [0.29, 0.717) is 50.5 Å². The maximum absolute atomic E-state index is 13.8. The van der Waals surface area contributed by atoms with Crippen LogP contribution in [0.5, 0.6) is 11.5 Å². The summed E-state index contributed by atoms with van der Waals surface area (Å²) < 4.78 is 3.89. The molecule has 3 aliphatic rings. The third-order valence-electron chi connectivity index (χ3n) is 15.0. The fourth-order valence-electron chi connectivity index (χ4n) is 11.1. The number of nitrogens with zero attached hydrogens (tertiary/aromatic N) is 4. The Kier molecular flexibility index (Phi) is 16.1. The molecule has 0 unspecified atom stereocenters. The number of likely N-dealkylation sites (tertiary alicyclic amines) is 1. The van der Waals surface area contributed by atoms with Crippen molar-refractivity contribution in [2.24, 2.45) is 0 Å². The van der Waals surface area contributed by atoms with Gasteiger partial charge in [0.05, 0.1) is 0 Å². The van der Waals surface area contributed by atoms with Crippen molar-refractivity contribution in [1.29, 1.82) is 0 Å². The number of carbonyl (C=O) groups is 4. The normalized spacial score (nSPS) is 16.5. The molecule has 6 aromatic carbocycles. The van der Waals surface area contributed by atoms with Crippen molar-refractivity contribution < 1.29 is 29.4 Å². The first-order valence-corrected chi connectivity index (χ1v) is 30.4. The van der Waals surface area contributed by atoms with Gasteiger partial charge in [-0.15, -0.1) is 0 Å². The molecule has 14 heteroatoms. The number of hydrogen-bond acceptors (Lipinski definition) is 8. The monoisotopic (exact) mass is 1180 g/mol. The van der Waals surface area contributed by atoms with Gasteiger partial charge in [0.2, 0.25) is 0 Å². The predicted octanol–water partition coefficient (Wildman–Crippen LogP) is 11.1. The van der Waals surface area contributed by atoms with Gasteiger partial charge >= 0.3 is 463 Å². The number of fused-ring (bicyclic) bond motifs is 8. The van der Waals surface area contributed by atoms with Gasteiger partial charge in [-0.1, -0.05) is 0 Å². The van der Waals surface area contributed by atoms with Crippen LogP contribution in [0.2, 0.25) is 0 Å². The molecule has 5 heterocycles. The van der Waals surface area contributed by atoms with E-state index < -0.39 is 0 Å². The molecule has 10 nitrogen and oxygen atoms in total. The van der Waals surface area contributed by atoms with E-state index in [-0.39, 0.29) is 75.7 Å². The first kappa shape index (κ1) is 53.1. The summed E-state index contributed by atoms with van der Waals surface area (Å²) in [6, 6.07) is 31.7. The third kappa shape index (κ3) is 11.3. The Balaban J connectivity index is 0.000000172. The fraction of sp³-hybridized carbons (Fsp3) is 0.344. The zero-order chi connectivity index (χ0) is 52.7. The number of phenols is 2. The third-order valence-corrected chi connectivity index (χ3v) is 20.4. The second kappa shape index (κ2) is 22.8. The van der Waals surface area contributed by atoms with E-state index in [0.717, 1.165) is 116 Å². The van der Waals surface area contributed by atoms with Crippen LogP contribution in [-0.2, 0) is 22.4 Å². The number of hydrogen-bond donors (Lipinski definition) is 2. The summed E-state index contributed by atoms with van der Waals surface area (Å²) in [5.41, 5.74) is 7.79. The molecule has 0 radical (unpaired) electrons. The van der Waals surface area contributed by atoms with Crippen molar-refractivity contribution in [2.75, 3.05) is 74.9 Å². The van der Waals surface area contributed by atoms with E-state index in [2.05, 4.69) is 35.2 Å². The van der Waals surface area contributed by atoms with Gasteiger partial charge in [-0.05, 0) is 0 Å². The number of Topliss-reactive ketones (excluding diaryl/α,β-unsaturated/α-hetero) is 2. The standard InChI is InChI=1S/C32H33ClN2O3Se.C29H29ClN2O3Se/c1-20-5-7-25-26(13-20)31-23(18-33)19-35(27(31)17-28(25)37)32(38)30-16-22-14-21(6-8-29(22)39-30)15-24(36)9-12-34-10-3-2-4-11-34;1-17-4-6-22-23(10-17)28-20(15-30)16-32(24(28)14-25(22)34)29(35)27-13-19-11-18(5-7-26(19)36-27)12-21(33)8-9-31(2)3/h5-8,13-14,16-17,23,37H,2-4,9-12,15,18-19H2,1H3;4-7,10-11,13-14,20,34H,8-9,12,15-16H2,1-3H3/t23-;20-/m11/s1. The fourth-order valence-corrected chi connectivity index (χ4v) is 15.8. The van der Waals surface area contributed by atoms with Crippen molar-refractivity contribution in [3.8, 4) is 11.5 Å². The molecular weight excluding hydrogens is 1110 g/mol. The van der Waals surface area contributed by atoms with Crippen LogP contribution in [0.15, 0.2) is 97.1 Å². The summed E-state index contributed by atoms with van der Waals surface area (Å²) in [4.78, 5) is 60.6. The van der Waals surface area contributed by atoms with E-state index in [4.69, 9.17) is 23.2 Å². The second-order valence-electron chi connectivity index (χ2n) is 20.9. The Morgan fingerprint density at radius 2 is 1.05 bits per heavy atom.